The Bertz CT molecular complexity index is 585. The Labute approximate surface area is 126 Å². The highest BCUT2D eigenvalue weighted by atomic mass is 32.2. The van der Waals surface area contributed by atoms with E-state index in [9.17, 15) is 8.42 Å². The highest BCUT2D eigenvalue weighted by Gasteiger charge is 2.36. The summed E-state index contributed by atoms with van der Waals surface area (Å²) in [5.41, 5.74) is 1.68. The lowest BCUT2D eigenvalue weighted by atomic mass is 10.1. The number of nitrogens with one attached hydrogen (secondary N) is 2. The molecule has 116 valence electrons. The summed E-state index contributed by atoms with van der Waals surface area (Å²) in [5.74, 6) is 0.0899. The van der Waals surface area contributed by atoms with E-state index in [0.717, 1.165) is 5.69 Å². The first-order chi connectivity index (χ1) is 10.1. The lowest BCUT2D eigenvalue weighted by Crippen LogP contribution is -2.33. The molecule has 2 aliphatic heterocycles. The fraction of sp³-hybridized carbons (Fsp3) is 0.600. The Morgan fingerprint density at radius 3 is 2.57 bits per heavy atom. The number of rotatable bonds is 5. The summed E-state index contributed by atoms with van der Waals surface area (Å²) >= 11 is 0. The zero-order valence-corrected chi connectivity index (χ0v) is 13.2. The summed E-state index contributed by atoms with van der Waals surface area (Å²) < 4.78 is 25.6. The highest BCUT2D eigenvalue weighted by Crippen LogP contribution is 2.30. The van der Waals surface area contributed by atoms with E-state index in [4.69, 9.17) is 0 Å². The van der Waals surface area contributed by atoms with Crippen molar-refractivity contribution >= 4 is 21.4 Å². The standard InChI is InChI=1S/C15H23N3O2S/c1-2-21(19,20)17-13-7-5-12(6-8-13)16-14-9-11-18-10-3-4-15(14)18/h5-8,14-17H,2-4,9-11H2,1H3. The van der Waals surface area contributed by atoms with Crippen molar-refractivity contribution in [3.05, 3.63) is 24.3 Å². The van der Waals surface area contributed by atoms with Gasteiger partial charge in [0.05, 0.1) is 5.75 Å². The van der Waals surface area contributed by atoms with Crippen LogP contribution in [-0.2, 0) is 10.0 Å². The second-order valence-electron chi connectivity index (χ2n) is 5.87. The van der Waals surface area contributed by atoms with E-state index in [1.807, 2.05) is 24.3 Å². The van der Waals surface area contributed by atoms with E-state index >= 15 is 0 Å². The van der Waals surface area contributed by atoms with Gasteiger partial charge in [-0.2, -0.15) is 0 Å². The second kappa shape index (κ2) is 5.85. The molecule has 21 heavy (non-hydrogen) atoms. The predicted molar refractivity (Wildman–Crippen MR) is 86.1 cm³/mol. The third kappa shape index (κ3) is 3.32. The van der Waals surface area contributed by atoms with E-state index in [-0.39, 0.29) is 5.75 Å². The minimum absolute atomic E-state index is 0.0899. The van der Waals surface area contributed by atoms with Gasteiger partial charge in [-0.1, -0.05) is 0 Å². The maximum Gasteiger partial charge on any atom is 0.232 e. The number of benzene rings is 1. The topological polar surface area (TPSA) is 61.4 Å². The third-order valence-corrected chi connectivity index (χ3v) is 5.80. The Morgan fingerprint density at radius 2 is 1.86 bits per heavy atom. The first-order valence-electron chi connectivity index (χ1n) is 7.68. The van der Waals surface area contributed by atoms with Crippen LogP contribution in [0.1, 0.15) is 26.2 Å². The number of anilines is 2. The van der Waals surface area contributed by atoms with Crippen LogP contribution in [-0.4, -0.2) is 44.2 Å². The maximum atomic E-state index is 11.5. The number of fused-ring (bicyclic) bond motifs is 1. The molecule has 0 amide bonds. The van der Waals surface area contributed by atoms with Crippen molar-refractivity contribution in [3.63, 3.8) is 0 Å². The molecule has 0 bridgehead atoms. The van der Waals surface area contributed by atoms with Crippen LogP contribution in [0, 0.1) is 0 Å². The van der Waals surface area contributed by atoms with Crippen LogP contribution in [0.5, 0.6) is 0 Å². The van der Waals surface area contributed by atoms with Crippen LogP contribution in [0.3, 0.4) is 0 Å². The number of nitrogens with zero attached hydrogens (tertiary/aromatic N) is 1. The lowest BCUT2D eigenvalue weighted by Gasteiger charge is -2.22. The summed E-state index contributed by atoms with van der Waals surface area (Å²) in [6.45, 7) is 4.06. The van der Waals surface area contributed by atoms with Crippen LogP contribution in [0.15, 0.2) is 24.3 Å². The SMILES string of the molecule is CCS(=O)(=O)Nc1ccc(NC2CCN3CCCC23)cc1. The first kappa shape index (κ1) is 14.7. The molecule has 0 saturated carbocycles. The van der Waals surface area contributed by atoms with Crippen molar-refractivity contribution in [2.75, 3.05) is 28.9 Å². The van der Waals surface area contributed by atoms with E-state index in [1.165, 1.54) is 32.4 Å². The number of sulfonamides is 1. The molecule has 3 rings (SSSR count). The van der Waals surface area contributed by atoms with E-state index in [0.29, 0.717) is 17.8 Å². The largest absolute Gasteiger partial charge is 0.381 e. The van der Waals surface area contributed by atoms with Gasteiger partial charge in [0.15, 0.2) is 0 Å². The fourth-order valence-corrected chi connectivity index (χ4v) is 3.99. The Kier molecular flexibility index (Phi) is 4.08. The summed E-state index contributed by atoms with van der Waals surface area (Å²) in [6.07, 6.45) is 3.78. The van der Waals surface area contributed by atoms with Crippen molar-refractivity contribution in [3.8, 4) is 0 Å². The molecule has 5 nitrogen and oxygen atoms in total. The van der Waals surface area contributed by atoms with Crippen molar-refractivity contribution in [1.29, 1.82) is 0 Å². The molecule has 0 spiro atoms. The molecule has 2 saturated heterocycles. The van der Waals surface area contributed by atoms with Gasteiger partial charge in [-0.15, -0.1) is 0 Å². The minimum atomic E-state index is -3.20. The van der Waals surface area contributed by atoms with Crippen LogP contribution >= 0.6 is 0 Å². The Hall–Kier alpha value is -1.27. The number of hydrogen-bond donors (Lipinski definition) is 2. The molecule has 2 unspecified atom stereocenters. The average molecular weight is 309 g/mol. The molecule has 2 N–H and O–H groups in total. The zero-order chi connectivity index (χ0) is 14.9. The molecule has 1 aromatic rings. The lowest BCUT2D eigenvalue weighted by molar-refractivity contribution is 0.318. The summed E-state index contributed by atoms with van der Waals surface area (Å²) in [7, 11) is -3.20. The monoisotopic (exact) mass is 309 g/mol. The Balaban J connectivity index is 1.62. The quantitative estimate of drug-likeness (QED) is 0.874. The molecular weight excluding hydrogens is 286 g/mol. The Morgan fingerprint density at radius 1 is 1.14 bits per heavy atom. The molecule has 2 atom stereocenters. The zero-order valence-electron chi connectivity index (χ0n) is 12.4. The van der Waals surface area contributed by atoms with Crippen LogP contribution < -0.4 is 10.0 Å². The maximum absolute atomic E-state index is 11.5. The van der Waals surface area contributed by atoms with Crippen LogP contribution in [0.25, 0.3) is 0 Å². The van der Waals surface area contributed by atoms with E-state index in [2.05, 4.69) is 14.9 Å². The van der Waals surface area contributed by atoms with Gasteiger partial charge >= 0.3 is 0 Å². The molecule has 1 aromatic carbocycles. The fourth-order valence-electron chi connectivity index (χ4n) is 3.35. The normalized spacial score (nSPS) is 25.8. The summed E-state index contributed by atoms with van der Waals surface area (Å²) in [4.78, 5) is 2.57. The second-order valence-corrected chi connectivity index (χ2v) is 7.88. The van der Waals surface area contributed by atoms with Gasteiger partial charge in [0.2, 0.25) is 10.0 Å². The van der Waals surface area contributed by atoms with Gasteiger partial charge < -0.3 is 5.32 Å². The van der Waals surface area contributed by atoms with Gasteiger partial charge in [0.1, 0.15) is 0 Å². The average Bonchev–Trinajstić information content (AvgIpc) is 3.06. The van der Waals surface area contributed by atoms with Crippen molar-refractivity contribution in [1.82, 2.24) is 4.90 Å². The molecule has 2 fully saturated rings. The van der Waals surface area contributed by atoms with Crippen molar-refractivity contribution in [2.45, 2.75) is 38.3 Å². The van der Waals surface area contributed by atoms with E-state index in [1.54, 1.807) is 6.92 Å². The third-order valence-electron chi connectivity index (χ3n) is 4.50. The van der Waals surface area contributed by atoms with Gasteiger partial charge in [0.25, 0.3) is 0 Å². The van der Waals surface area contributed by atoms with Crippen molar-refractivity contribution < 1.29 is 8.42 Å². The molecule has 0 aliphatic carbocycles. The first-order valence-corrected chi connectivity index (χ1v) is 9.34. The van der Waals surface area contributed by atoms with Crippen LogP contribution in [0.2, 0.25) is 0 Å². The molecule has 2 heterocycles. The van der Waals surface area contributed by atoms with Gasteiger partial charge in [-0.3, -0.25) is 9.62 Å². The van der Waals surface area contributed by atoms with Crippen LogP contribution in [0.4, 0.5) is 11.4 Å². The summed E-state index contributed by atoms with van der Waals surface area (Å²) in [5, 5.41) is 3.60. The molecule has 0 aromatic heterocycles. The molecule has 6 heteroatoms. The smallest absolute Gasteiger partial charge is 0.232 e. The van der Waals surface area contributed by atoms with Gasteiger partial charge in [-0.05, 0) is 57.0 Å². The van der Waals surface area contributed by atoms with E-state index < -0.39 is 10.0 Å². The minimum Gasteiger partial charge on any atom is -0.381 e. The molecule has 2 aliphatic rings. The van der Waals surface area contributed by atoms with Gasteiger partial charge in [-0.25, -0.2) is 8.42 Å². The predicted octanol–water partition coefficient (Wildman–Crippen LogP) is 2.10. The molecular formula is C15H23N3O2S. The number of hydrogen-bond acceptors (Lipinski definition) is 4. The van der Waals surface area contributed by atoms with Gasteiger partial charge in [0, 0.05) is 30.0 Å². The summed E-state index contributed by atoms with van der Waals surface area (Å²) in [6, 6.07) is 8.72. The molecule has 0 radical (unpaired) electrons. The van der Waals surface area contributed by atoms with Crippen molar-refractivity contribution in [2.24, 2.45) is 0 Å². The highest BCUT2D eigenvalue weighted by molar-refractivity contribution is 7.92.